The van der Waals surface area contributed by atoms with E-state index in [-0.39, 0.29) is 0 Å². The summed E-state index contributed by atoms with van der Waals surface area (Å²) < 4.78 is 5.32. The number of hydrogen-bond acceptors (Lipinski definition) is 5. The molecule has 2 heterocycles. The third kappa shape index (κ3) is 2.86. The normalized spacial score (nSPS) is 15.7. The predicted octanol–water partition coefficient (Wildman–Crippen LogP) is 2.23. The van der Waals surface area contributed by atoms with Gasteiger partial charge in [0.15, 0.2) is 0 Å². The molecule has 0 bridgehead atoms. The molecule has 1 aliphatic heterocycles. The van der Waals surface area contributed by atoms with Gasteiger partial charge >= 0.3 is 0 Å². The van der Waals surface area contributed by atoms with Crippen LogP contribution >= 0.6 is 0 Å². The molecule has 0 unspecified atom stereocenters. The monoisotopic (exact) mass is 258 g/mol. The van der Waals surface area contributed by atoms with E-state index < -0.39 is 0 Å². The van der Waals surface area contributed by atoms with Crippen LogP contribution in [0.5, 0.6) is 0 Å². The van der Waals surface area contributed by atoms with Gasteiger partial charge in [0.2, 0.25) is 5.89 Å². The van der Waals surface area contributed by atoms with Crippen molar-refractivity contribution in [2.45, 2.75) is 25.7 Å². The second kappa shape index (κ2) is 5.30. The third-order valence-electron chi connectivity index (χ3n) is 3.43. The summed E-state index contributed by atoms with van der Waals surface area (Å²) in [5.74, 6) is 1.38. The first kappa shape index (κ1) is 12.0. The number of nitrogens with zero attached hydrogens (tertiary/aromatic N) is 3. The number of nitrogens with two attached hydrogens (primary N) is 1. The largest absolute Gasteiger partial charge is 0.399 e. The molecule has 3 rings (SSSR count). The molecule has 1 saturated heterocycles. The first-order valence-electron chi connectivity index (χ1n) is 6.73. The molecule has 1 aliphatic rings. The summed E-state index contributed by atoms with van der Waals surface area (Å²) in [5.41, 5.74) is 7.56. The van der Waals surface area contributed by atoms with E-state index in [1.807, 2.05) is 24.3 Å². The molecule has 0 amide bonds. The highest BCUT2D eigenvalue weighted by Gasteiger charge is 2.16. The predicted molar refractivity (Wildman–Crippen MR) is 74.0 cm³/mol. The van der Waals surface area contributed by atoms with Crippen molar-refractivity contribution in [3.8, 4) is 0 Å². The third-order valence-corrected chi connectivity index (χ3v) is 3.43. The highest BCUT2D eigenvalue weighted by atomic mass is 16.5. The lowest BCUT2D eigenvalue weighted by molar-refractivity contribution is 0.383. The Bertz CT molecular complexity index is 529. The molecule has 5 heteroatoms. The van der Waals surface area contributed by atoms with Crippen LogP contribution in [-0.4, -0.2) is 23.2 Å². The molecule has 19 heavy (non-hydrogen) atoms. The number of nitrogen functional groups attached to an aromatic ring is 1. The lowest BCUT2D eigenvalue weighted by Gasteiger charge is -2.24. The van der Waals surface area contributed by atoms with Crippen LogP contribution in [0.15, 0.2) is 28.8 Å². The van der Waals surface area contributed by atoms with Crippen LogP contribution in [0.3, 0.4) is 0 Å². The molecule has 2 N–H and O–H groups in total. The molecule has 1 fully saturated rings. The average Bonchev–Trinajstić information content (AvgIpc) is 2.91. The minimum atomic E-state index is 0.654. The summed E-state index contributed by atoms with van der Waals surface area (Å²) in [5, 5.41) is 4.07. The standard InChI is InChI=1S/C14H18N4O/c15-12-6-4-11(5-7-12)10-13-16-14(17-19-13)18-8-2-1-3-9-18/h4-7H,1-3,8-10,15H2. The van der Waals surface area contributed by atoms with Crippen molar-refractivity contribution in [3.05, 3.63) is 35.7 Å². The maximum atomic E-state index is 5.66. The first-order chi connectivity index (χ1) is 9.31. The van der Waals surface area contributed by atoms with Gasteiger partial charge in [-0.2, -0.15) is 4.98 Å². The Balaban J connectivity index is 1.68. The highest BCUT2D eigenvalue weighted by Crippen LogP contribution is 2.17. The molecular weight excluding hydrogens is 240 g/mol. The fourth-order valence-corrected chi connectivity index (χ4v) is 2.35. The fraction of sp³-hybridized carbons (Fsp3) is 0.429. The minimum Gasteiger partial charge on any atom is -0.399 e. The Morgan fingerprint density at radius 2 is 1.84 bits per heavy atom. The molecule has 5 nitrogen and oxygen atoms in total. The number of piperidine rings is 1. The van der Waals surface area contributed by atoms with Crippen LogP contribution in [0, 0.1) is 0 Å². The summed E-state index contributed by atoms with van der Waals surface area (Å²) in [6.07, 6.45) is 4.37. The molecule has 0 spiro atoms. The van der Waals surface area contributed by atoms with E-state index in [1.165, 1.54) is 19.3 Å². The second-order valence-electron chi connectivity index (χ2n) is 4.95. The van der Waals surface area contributed by atoms with Crippen molar-refractivity contribution in [2.75, 3.05) is 23.7 Å². The van der Waals surface area contributed by atoms with Crippen LogP contribution in [-0.2, 0) is 6.42 Å². The fourth-order valence-electron chi connectivity index (χ4n) is 2.35. The van der Waals surface area contributed by atoms with Gasteiger partial charge < -0.3 is 15.2 Å². The van der Waals surface area contributed by atoms with Gasteiger partial charge in [0.25, 0.3) is 5.95 Å². The molecule has 2 aromatic rings. The second-order valence-corrected chi connectivity index (χ2v) is 4.95. The van der Waals surface area contributed by atoms with E-state index in [2.05, 4.69) is 15.0 Å². The minimum absolute atomic E-state index is 0.654. The molecule has 0 saturated carbocycles. The Labute approximate surface area is 112 Å². The zero-order chi connectivity index (χ0) is 13.1. The van der Waals surface area contributed by atoms with Crippen molar-refractivity contribution >= 4 is 11.6 Å². The van der Waals surface area contributed by atoms with Gasteiger partial charge in [0.1, 0.15) is 0 Å². The molecule has 1 aromatic heterocycles. The summed E-state index contributed by atoms with van der Waals surface area (Å²) in [6.45, 7) is 2.06. The van der Waals surface area contributed by atoms with E-state index in [0.29, 0.717) is 12.3 Å². The molecule has 0 atom stereocenters. The van der Waals surface area contributed by atoms with Crippen LogP contribution in [0.2, 0.25) is 0 Å². The Hall–Kier alpha value is -2.04. The Morgan fingerprint density at radius 1 is 1.11 bits per heavy atom. The highest BCUT2D eigenvalue weighted by molar-refractivity contribution is 5.40. The van der Waals surface area contributed by atoms with Crippen LogP contribution in [0.1, 0.15) is 30.7 Å². The molecular formula is C14H18N4O. The average molecular weight is 258 g/mol. The van der Waals surface area contributed by atoms with E-state index >= 15 is 0 Å². The van der Waals surface area contributed by atoms with Crippen molar-refractivity contribution in [1.29, 1.82) is 0 Å². The van der Waals surface area contributed by atoms with Crippen molar-refractivity contribution in [1.82, 2.24) is 10.1 Å². The van der Waals surface area contributed by atoms with Crippen LogP contribution < -0.4 is 10.6 Å². The van der Waals surface area contributed by atoms with Gasteiger partial charge in [-0.05, 0) is 42.1 Å². The van der Waals surface area contributed by atoms with Gasteiger partial charge in [0.05, 0.1) is 6.42 Å². The number of aromatic nitrogens is 2. The zero-order valence-electron chi connectivity index (χ0n) is 10.9. The van der Waals surface area contributed by atoms with Gasteiger partial charge in [-0.1, -0.05) is 12.1 Å². The van der Waals surface area contributed by atoms with E-state index in [4.69, 9.17) is 10.3 Å². The van der Waals surface area contributed by atoms with E-state index in [1.54, 1.807) is 0 Å². The van der Waals surface area contributed by atoms with Crippen molar-refractivity contribution < 1.29 is 4.52 Å². The van der Waals surface area contributed by atoms with Gasteiger partial charge in [-0.15, -0.1) is 0 Å². The van der Waals surface area contributed by atoms with E-state index in [9.17, 15) is 0 Å². The molecule has 1 aromatic carbocycles. The lowest BCUT2D eigenvalue weighted by Crippen LogP contribution is -2.30. The summed E-state index contributed by atoms with van der Waals surface area (Å²) in [6, 6.07) is 7.74. The van der Waals surface area contributed by atoms with Gasteiger partial charge in [-0.25, -0.2) is 0 Å². The summed E-state index contributed by atoms with van der Waals surface area (Å²) in [7, 11) is 0. The smallest absolute Gasteiger partial charge is 0.266 e. The quantitative estimate of drug-likeness (QED) is 0.855. The first-order valence-corrected chi connectivity index (χ1v) is 6.73. The van der Waals surface area contributed by atoms with E-state index in [0.717, 1.165) is 30.3 Å². The number of benzene rings is 1. The van der Waals surface area contributed by atoms with Crippen LogP contribution in [0.25, 0.3) is 0 Å². The molecule has 0 aliphatic carbocycles. The summed E-state index contributed by atoms with van der Waals surface area (Å²) >= 11 is 0. The van der Waals surface area contributed by atoms with Crippen molar-refractivity contribution in [3.63, 3.8) is 0 Å². The van der Waals surface area contributed by atoms with Gasteiger partial charge in [-0.3, -0.25) is 0 Å². The van der Waals surface area contributed by atoms with Gasteiger partial charge in [0, 0.05) is 18.8 Å². The molecule has 0 radical (unpaired) electrons. The topological polar surface area (TPSA) is 68.2 Å². The zero-order valence-corrected chi connectivity index (χ0v) is 10.9. The van der Waals surface area contributed by atoms with Crippen molar-refractivity contribution in [2.24, 2.45) is 0 Å². The lowest BCUT2D eigenvalue weighted by atomic mass is 10.1. The maximum absolute atomic E-state index is 5.66. The van der Waals surface area contributed by atoms with Crippen LogP contribution in [0.4, 0.5) is 11.6 Å². The number of anilines is 2. The Kier molecular flexibility index (Phi) is 3.35. The maximum Gasteiger partial charge on any atom is 0.266 e. The number of hydrogen-bond donors (Lipinski definition) is 1. The number of rotatable bonds is 3. The summed E-state index contributed by atoms with van der Waals surface area (Å²) in [4.78, 5) is 6.66. The Morgan fingerprint density at radius 3 is 2.58 bits per heavy atom. The molecule has 100 valence electrons. The SMILES string of the molecule is Nc1ccc(Cc2nc(N3CCCCC3)no2)cc1.